The largest absolute Gasteiger partial charge is 0.355 e. The number of amides is 1. The molecule has 0 aliphatic carbocycles. The second kappa shape index (κ2) is 5.92. The van der Waals surface area contributed by atoms with Gasteiger partial charge in [-0.3, -0.25) is 4.79 Å². The monoisotopic (exact) mass is 274 g/mol. The molecule has 1 aromatic carbocycles. The fraction of sp³-hybridized carbons (Fsp3) is 0.364. The fourth-order valence-electron chi connectivity index (χ4n) is 1.36. The van der Waals surface area contributed by atoms with E-state index in [-0.39, 0.29) is 11.4 Å². The third kappa shape index (κ3) is 3.78. The number of likely N-dealkylation sites (N-methyl/N-ethyl adjacent to an activating group) is 1. The van der Waals surface area contributed by atoms with Gasteiger partial charge in [0.2, 0.25) is 15.9 Å². The molecule has 0 unspecified atom stereocenters. The first-order valence-electron chi connectivity index (χ1n) is 5.39. The summed E-state index contributed by atoms with van der Waals surface area (Å²) in [5, 5.41) is 2.46. The molecule has 0 bridgehead atoms. The van der Waals surface area contributed by atoms with Crippen molar-refractivity contribution in [3.63, 3.8) is 0 Å². The van der Waals surface area contributed by atoms with Crippen LogP contribution in [0, 0.1) is 12.7 Å². The molecule has 18 heavy (non-hydrogen) atoms. The summed E-state index contributed by atoms with van der Waals surface area (Å²) in [5.74, 6) is -1.07. The highest BCUT2D eigenvalue weighted by Crippen LogP contribution is 2.15. The van der Waals surface area contributed by atoms with Gasteiger partial charge in [0.25, 0.3) is 0 Å². The van der Waals surface area contributed by atoms with E-state index in [4.69, 9.17) is 0 Å². The summed E-state index contributed by atoms with van der Waals surface area (Å²) in [6, 6.07) is 3.48. The summed E-state index contributed by atoms with van der Waals surface area (Å²) in [6.07, 6.45) is 0. The smallest absolute Gasteiger partial charge is 0.241 e. The van der Waals surface area contributed by atoms with E-state index in [2.05, 4.69) is 10.0 Å². The molecule has 0 saturated carbocycles. The fourth-order valence-corrected chi connectivity index (χ4v) is 2.60. The van der Waals surface area contributed by atoms with Crippen molar-refractivity contribution in [3.8, 4) is 0 Å². The van der Waals surface area contributed by atoms with Crippen molar-refractivity contribution in [1.29, 1.82) is 0 Å². The Hall–Kier alpha value is -1.47. The number of aryl methyl sites for hydroxylation is 1. The van der Waals surface area contributed by atoms with Crippen LogP contribution >= 0.6 is 0 Å². The minimum Gasteiger partial charge on any atom is -0.355 e. The van der Waals surface area contributed by atoms with E-state index < -0.39 is 21.7 Å². The zero-order valence-electron chi connectivity index (χ0n) is 10.2. The standard InChI is InChI=1S/C11H15FN2O3S/c1-3-13-11(15)7-14-18(16,17)10-6-9(12)5-4-8(10)2/h4-6,14H,3,7H2,1-2H3,(H,13,15). The third-order valence-corrected chi connectivity index (χ3v) is 3.78. The van der Waals surface area contributed by atoms with Gasteiger partial charge in [-0.05, 0) is 31.5 Å². The van der Waals surface area contributed by atoms with Crippen molar-refractivity contribution in [1.82, 2.24) is 10.0 Å². The first-order valence-corrected chi connectivity index (χ1v) is 6.87. The Morgan fingerprint density at radius 2 is 2.06 bits per heavy atom. The number of carbonyl (C=O) groups is 1. The molecule has 0 spiro atoms. The highest BCUT2D eigenvalue weighted by atomic mass is 32.2. The molecule has 0 radical (unpaired) electrons. The van der Waals surface area contributed by atoms with Crippen LogP contribution in [0.15, 0.2) is 23.1 Å². The molecule has 5 nitrogen and oxygen atoms in total. The van der Waals surface area contributed by atoms with E-state index in [9.17, 15) is 17.6 Å². The summed E-state index contributed by atoms with van der Waals surface area (Å²) >= 11 is 0. The number of sulfonamides is 1. The van der Waals surface area contributed by atoms with Crippen molar-refractivity contribution in [2.75, 3.05) is 13.1 Å². The molecular formula is C11H15FN2O3S. The predicted molar refractivity (Wildman–Crippen MR) is 65.0 cm³/mol. The van der Waals surface area contributed by atoms with E-state index in [1.165, 1.54) is 12.1 Å². The molecule has 0 fully saturated rings. The molecule has 0 atom stereocenters. The SMILES string of the molecule is CCNC(=O)CNS(=O)(=O)c1cc(F)ccc1C. The lowest BCUT2D eigenvalue weighted by Crippen LogP contribution is -2.37. The average Bonchev–Trinajstić information content (AvgIpc) is 2.30. The Bertz CT molecular complexity index is 543. The van der Waals surface area contributed by atoms with Crippen LogP contribution in [0.2, 0.25) is 0 Å². The minimum absolute atomic E-state index is 0.160. The Morgan fingerprint density at radius 3 is 2.67 bits per heavy atom. The van der Waals surface area contributed by atoms with E-state index >= 15 is 0 Å². The molecule has 1 rings (SSSR count). The lowest BCUT2D eigenvalue weighted by atomic mass is 10.2. The van der Waals surface area contributed by atoms with Crippen molar-refractivity contribution in [2.45, 2.75) is 18.7 Å². The van der Waals surface area contributed by atoms with E-state index in [0.717, 1.165) is 6.07 Å². The number of nitrogens with one attached hydrogen (secondary N) is 2. The number of hydrogen-bond acceptors (Lipinski definition) is 3. The zero-order valence-corrected chi connectivity index (χ0v) is 11.0. The Morgan fingerprint density at radius 1 is 1.39 bits per heavy atom. The van der Waals surface area contributed by atoms with Gasteiger partial charge in [-0.2, -0.15) is 0 Å². The van der Waals surface area contributed by atoms with Gasteiger partial charge < -0.3 is 5.32 Å². The molecule has 0 aromatic heterocycles. The van der Waals surface area contributed by atoms with Gasteiger partial charge in [0.15, 0.2) is 0 Å². The molecule has 0 aliphatic heterocycles. The van der Waals surface area contributed by atoms with Gasteiger partial charge in [-0.25, -0.2) is 17.5 Å². The lowest BCUT2D eigenvalue weighted by Gasteiger charge is -2.09. The van der Waals surface area contributed by atoms with Crippen LogP contribution in [0.25, 0.3) is 0 Å². The second-order valence-corrected chi connectivity index (χ2v) is 5.42. The summed E-state index contributed by atoms with van der Waals surface area (Å²) in [4.78, 5) is 11.0. The normalized spacial score (nSPS) is 11.3. The summed E-state index contributed by atoms with van der Waals surface area (Å²) < 4.78 is 38.9. The van der Waals surface area contributed by atoms with E-state index in [1.807, 2.05) is 0 Å². The maximum absolute atomic E-state index is 13.0. The Labute approximate surface area is 105 Å². The van der Waals surface area contributed by atoms with Crippen molar-refractivity contribution >= 4 is 15.9 Å². The average molecular weight is 274 g/mol. The van der Waals surface area contributed by atoms with Gasteiger partial charge >= 0.3 is 0 Å². The van der Waals surface area contributed by atoms with Gasteiger partial charge in [0.1, 0.15) is 5.82 Å². The summed E-state index contributed by atoms with van der Waals surface area (Å²) in [5.41, 5.74) is 0.416. The van der Waals surface area contributed by atoms with Crippen molar-refractivity contribution < 1.29 is 17.6 Å². The number of carbonyl (C=O) groups excluding carboxylic acids is 1. The molecule has 1 amide bonds. The molecule has 0 aliphatic rings. The summed E-state index contributed by atoms with van der Waals surface area (Å²) in [7, 11) is -3.88. The minimum atomic E-state index is -3.88. The molecule has 100 valence electrons. The Kier molecular flexibility index (Phi) is 4.80. The van der Waals surface area contributed by atoms with Crippen molar-refractivity contribution in [3.05, 3.63) is 29.6 Å². The highest BCUT2D eigenvalue weighted by molar-refractivity contribution is 7.89. The predicted octanol–water partition coefficient (Wildman–Crippen LogP) is 0.549. The summed E-state index contributed by atoms with van der Waals surface area (Å²) in [6.45, 7) is 3.33. The first-order chi connectivity index (χ1) is 8.36. The van der Waals surface area contributed by atoms with Gasteiger partial charge in [0.05, 0.1) is 11.4 Å². The Balaban J connectivity index is 2.87. The van der Waals surface area contributed by atoms with E-state index in [1.54, 1.807) is 13.8 Å². The number of hydrogen-bond donors (Lipinski definition) is 2. The molecule has 1 aromatic rings. The molecular weight excluding hydrogens is 259 g/mol. The lowest BCUT2D eigenvalue weighted by molar-refractivity contribution is -0.119. The molecule has 7 heteroatoms. The van der Waals surface area contributed by atoms with Gasteiger partial charge in [-0.1, -0.05) is 6.07 Å². The first kappa shape index (κ1) is 14.6. The van der Waals surface area contributed by atoms with Crippen LogP contribution in [0.3, 0.4) is 0 Å². The van der Waals surface area contributed by atoms with Crippen LogP contribution < -0.4 is 10.0 Å². The maximum Gasteiger partial charge on any atom is 0.241 e. The molecule has 2 N–H and O–H groups in total. The van der Waals surface area contributed by atoms with Crippen molar-refractivity contribution in [2.24, 2.45) is 0 Å². The van der Waals surface area contributed by atoms with Gasteiger partial charge in [-0.15, -0.1) is 0 Å². The van der Waals surface area contributed by atoms with Crippen LogP contribution in [0.5, 0.6) is 0 Å². The van der Waals surface area contributed by atoms with Crippen LogP contribution in [0.4, 0.5) is 4.39 Å². The van der Waals surface area contributed by atoms with E-state index in [0.29, 0.717) is 12.1 Å². The number of rotatable bonds is 5. The topological polar surface area (TPSA) is 75.3 Å². The second-order valence-electron chi connectivity index (χ2n) is 3.69. The molecule has 0 heterocycles. The zero-order chi connectivity index (χ0) is 13.8. The third-order valence-electron chi connectivity index (χ3n) is 2.24. The highest BCUT2D eigenvalue weighted by Gasteiger charge is 2.18. The maximum atomic E-state index is 13.0. The number of halogens is 1. The van der Waals surface area contributed by atoms with Crippen LogP contribution in [0.1, 0.15) is 12.5 Å². The number of benzene rings is 1. The van der Waals surface area contributed by atoms with Gasteiger partial charge in [0, 0.05) is 6.54 Å². The van der Waals surface area contributed by atoms with Crippen LogP contribution in [-0.4, -0.2) is 27.4 Å². The molecule has 0 saturated heterocycles. The quantitative estimate of drug-likeness (QED) is 0.823. The van der Waals surface area contributed by atoms with Crippen LogP contribution in [-0.2, 0) is 14.8 Å².